The molecule has 8 aromatic carbocycles. The van der Waals surface area contributed by atoms with Crippen LogP contribution in [0.15, 0.2) is 188 Å². The summed E-state index contributed by atoms with van der Waals surface area (Å²) in [6.07, 6.45) is 0. The average molecular weight is 706 g/mol. The molecule has 252 valence electrons. The highest BCUT2D eigenvalue weighted by Gasteiger charge is 2.18. The Morgan fingerprint density at radius 2 is 1.06 bits per heavy atom. The molecule has 11 aromatic rings. The lowest BCUT2D eigenvalue weighted by atomic mass is 9.98. The van der Waals surface area contributed by atoms with Gasteiger partial charge in [0.05, 0.1) is 22.2 Å². The van der Waals surface area contributed by atoms with E-state index in [-0.39, 0.29) is 0 Å². The first kappa shape index (κ1) is 30.7. The van der Waals surface area contributed by atoms with Crippen molar-refractivity contribution in [3.05, 3.63) is 188 Å². The largest absolute Gasteiger partial charge is 0.309 e. The van der Waals surface area contributed by atoms with Gasteiger partial charge in [0.25, 0.3) is 0 Å². The fraction of sp³-hybridized carbons (Fsp3) is 0. The van der Waals surface area contributed by atoms with E-state index in [2.05, 4.69) is 168 Å². The third kappa shape index (κ3) is 4.96. The van der Waals surface area contributed by atoms with Crippen molar-refractivity contribution in [2.45, 2.75) is 0 Å². The van der Waals surface area contributed by atoms with Crippen LogP contribution in [0.1, 0.15) is 0 Å². The minimum atomic E-state index is 0.728. The number of hydrogen-bond acceptors (Lipinski definition) is 3. The normalized spacial score (nSPS) is 11.7. The number of para-hydroxylation sites is 1. The molecule has 0 unspecified atom stereocenters. The minimum Gasteiger partial charge on any atom is -0.309 e. The molecule has 11 rings (SSSR count). The monoisotopic (exact) mass is 705 g/mol. The Labute approximate surface area is 316 Å². The molecule has 0 aliphatic heterocycles. The van der Waals surface area contributed by atoms with Crippen molar-refractivity contribution in [2.24, 2.45) is 0 Å². The van der Waals surface area contributed by atoms with Gasteiger partial charge in [0, 0.05) is 53.1 Å². The van der Waals surface area contributed by atoms with Gasteiger partial charge in [0.1, 0.15) is 0 Å². The van der Waals surface area contributed by atoms with Crippen molar-refractivity contribution in [3.63, 3.8) is 0 Å². The van der Waals surface area contributed by atoms with Crippen LogP contribution < -0.4 is 0 Å². The van der Waals surface area contributed by atoms with E-state index in [1.807, 2.05) is 35.6 Å². The van der Waals surface area contributed by atoms with Crippen LogP contribution in [0.2, 0.25) is 0 Å². The summed E-state index contributed by atoms with van der Waals surface area (Å²) in [4.78, 5) is 10.2. The van der Waals surface area contributed by atoms with Gasteiger partial charge >= 0.3 is 0 Å². The summed E-state index contributed by atoms with van der Waals surface area (Å²) in [5, 5.41) is 6.13. The second-order valence-electron chi connectivity index (χ2n) is 13.8. The number of aromatic nitrogens is 3. The molecule has 0 radical (unpaired) electrons. The van der Waals surface area contributed by atoms with E-state index < -0.39 is 0 Å². The maximum absolute atomic E-state index is 5.16. The average Bonchev–Trinajstić information content (AvgIpc) is 3.79. The fourth-order valence-electron chi connectivity index (χ4n) is 8.04. The zero-order chi connectivity index (χ0) is 35.6. The van der Waals surface area contributed by atoms with Crippen LogP contribution >= 0.6 is 11.3 Å². The van der Waals surface area contributed by atoms with E-state index in [4.69, 9.17) is 9.97 Å². The van der Waals surface area contributed by atoms with Crippen LogP contribution in [0.3, 0.4) is 0 Å². The SMILES string of the molecule is c1ccc(-c2nc(-c3ccccc3)c3cc(-c4ccc5c6cc(-c7cccc8c7sc7ccccc78)ccc6n(-c6ccccc6)c5c4)ccc3n2)cc1. The number of nitrogens with zero attached hydrogens (tertiary/aromatic N) is 3. The molecule has 0 bridgehead atoms. The van der Waals surface area contributed by atoms with Gasteiger partial charge in [-0.15, -0.1) is 11.3 Å². The molecular weight excluding hydrogens is 675 g/mol. The molecule has 0 amide bonds. The molecule has 3 heterocycles. The summed E-state index contributed by atoms with van der Waals surface area (Å²) < 4.78 is 5.06. The molecule has 0 atom stereocenters. The topological polar surface area (TPSA) is 30.7 Å². The summed E-state index contributed by atoms with van der Waals surface area (Å²) in [5.41, 5.74) is 12.2. The summed E-state index contributed by atoms with van der Waals surface area (Å²) in [6, 6.07) is 67.3. The van der Waals surface area contributed by atoms with Gasteiger partial charge in [0.2, 0.25) is 0 Å². The highest BCUT2D eigenvalue weighted by Crippen LogP contribution is 2.43. The van der Waals surface area contributed by atoms with E-state index in [1.54, 1.807) is 0 Å². The van der Waals surface area contributed by atoms with E-state index in [0.29, 0.717) is 0 Å². The van der Waals surface area contributed by atoms with Gasteiger partial charge < -0.3 is 4.57 Å². The highest BCUT2D eigenvalue weighted by molar-refractivity contribution is 7.26. The molecule has 3 aromatic heterocycles. The molecule has 3 nitrogen and oxygen atoms in total. The lowest BCUT2D eigenvalue weighted by Crippen LogP contribution is -1.96. The molecule has 0 aliphatic carbocycles. The molecule has 0 N–H and O–H groups in total. The van der Waals surface area contributed by atoms with Crippen LogP contribution in [0.4, 0.5) is 0 Å². The van der Waals surface area contributed by atoms with Gasteiger partial charge in [-0.25, -0.2) is 9.97 Å². The van der Waals surface area contributed by atoms with Gasteiger partial charge in [-0.2, -0.15) is 0 Å². The Bertz CT molecular complexity index is 3200. The highest BCUT2D eigenvalue weighted by atomic mass is 32.1. The zero-order valence-corrected chi connectivity index (χ0v) is 30.0. The summed E-state index contributed by atoms with van der Waals surface area (Å²) >= 11 is 1.88. The van der Waals surface area contributed by atoms with Crippen LogP contribution in [-0.2, 0) is 0 Å². The first-order valence-electron chi connectivity index (χ1n) is 18.2. The first-order chi connectivity index (χ1) is 26.8. The van der Waals surface area contributed by atoms with Crippen LogP contribution in [0.25, 0.3) is 103 Å². The van der Waals surface area contributed by atoms with Crippen LogP contribution in [0.5, 0.6) is 0 Å². The van der Waals surface area contributed by atoms with Crippen molar-refractivity contribution < 1.29 is 0 Å². The molecule has 0 aliphatic rings. The summed E-state index contributed by atoms with van der Waals surface area (Å²) in [5.74, 6) is 0.728. The smallest absolute Gasteiger partial charge is 0.160 e. The molecule has 0 saturated heterocycles. The third-order valence-corrected chi connectivity index (χ3v) is 11.8. The standard InChI is InChI=1S/C50H31N3S/c1-4-13-32(14-5-1)48-43-29-34(24-27-44(43)51-50(52-48)33-15-6-2-7-16-33)35-23-26-39-42-30-36(25-28-45(42)53(46(39)31-35)37-17-8-3-9-18-37)38-20-12-21-41-40-19-10-11-22-47(40)54-49(38)41/h1-31H. The lowest BCUT2D eigenvalue weighted by Gasteiger charge is -2.12. The number of fused-ring (bicyclic) bond motifs is 7. The Kier molecular flexibility index (Phi) is 7.04. The van der Waals surface area contributed by atoms with Crippen LogP contribution in [-0.4, -0.2) is 14.5 Å². The Morgan fingerprint density at radius 1 is 0.389 bits per heavy atom. The Balaban J connectivity index is 1.11. The maximum Gasteiger partial charge on any atom is 0.160 e. The molecule has 0 fully saturated rings. The number of thiophene rings is 1. The van der Waals surface area contributed by atoms with E-state index in [0.717, 1.165) is 50.4 Å². The van der Waals surface area contributed by atoms with Crippen molar-refractivity contribution in [1.29, 1.82) is 0 Å². The maximum atomic E-state index is 5.16. The van der Waals surface area contributed by atoms with Crippen molar-refractivity contribution in [1.82, 2.24) is 14.5 Å². The molecular formula is C50H31N3S. The molecule has 54 heavy (non-hydrogen) atoms. The second kappa shape index (κ2) is 12.4. The Hall–Kier alpha value is -6.88. The quantitative estimate of drug-likeness (QED) is 0.178. The van der Waals surface area contributed by atoms with Crippen molar-refractivity contribution in [3.8, 4) is 50.6 Å². The number of rotatable bonds is 5. The molecule has 0 spiro atoms. The minimum absolute atomic E-state index is 0.728. The van der Waals surface area contributed by atoms with Gasteiger partial charge in [-0.1, -0.05) is 140 Å². The second-order valence-corrected chi connectivity index (χ2v) is 14.8. The number of hydrogen-bond donors (Lipinski definition) is 0. The van der Waals surface area contributed by atoms with E-state index in [9.17, 15) is 0 Å². The predicted molar refractivity (Wildman–Crippen MR) is 229 cm³/mol. The zero-order valence-electron chi connectivity index (χ0n) is 29.1. The van der Waals surface area contributed by atoms with Gasteiger partial charge in [-0.3, -0.25) is 0 Å². The van der Waals surface area contributed by atoms with Gasteiger partial charge in [0.15, 0.2) is 5.82 Å². The van der Waals surface area contributed by atoms with E-state index in [1.165, 1.54) is 53.1 Å². The van der Waals surface area contributed by atoms with Gasteiger partial charge in [-0.05, 0) is 70.8 Å². The predicted octanol–water partition coefficient (Wildman–Crippen LogP) is 13.8. The van der Waals surface area contributed by atoms with Crippen molar-refractivity contribution in [2.75, 3.05) is 0 Å². The molecule has 0 saturated carbocycles. The lowest BCUT2D eigenvalue weighted by molar-refractivity contribution is 1.18. The van der Waals surface area contributed by atoms with Crippen molar-refractivity contribution >= 4 is 64.2 Å². The third-order valence-electron chi connectivity index (χ3n) is 10.6. The van der Waals surface area contributed by atoms with E-state index >= 15 is 0 Å². The summed E-state index contributed by atoms with van der Waals surface area (Å²) in [6.45, 7) is 0. The first-order valence-corrected chi connectivity index (χ1v) is 19.1. The van der Waals surface area contributed by atoms with Crippen LogP contribution in [0, 0.1) is 0 Å². The fourth-order valence-corrected chi connectivity index (χ4v) is 9.28. The summed E-state index contributed by atoms with van der Waals surface area (Å²) in [7, 11) is 0. The Morgan fingerprint density at radius 3 is 1.89 bits per heavy atom. The molecule has 4 heteroatoms. The number of benzene rings is 8.